The van der Waals surface area contributed by atoms with Crippen molar-refractivity contribution in [2.75, 3.05) is 33.4 Å². The lowest BCUT2D eigenvalue weighted by molar-refractivity contribution is -0.550. The van der Waals surface area contributed by atoms with E-state index in [9.17, 15) is 0 Å². The van der Waals surface area contributed by atoms with Gasteiger partial charge in [-0.1, -0.05) is 13.8 Å². The van der Waals surface area contributed by atoms with Crippen LogP contribution >= 0.6 is 0 Å². The Morgan fingerprint density at radius 1 is 1.25 bits per heavy atom. The first-order chi connectivity index (χ1) is 7.61. The topological polar surface area (TPSA) is 21.5 Å². The molecule has 3 heteroatoms. The van der Waals surface area contributed by atoms with Gasteiger partial charge in [0, 0.05) is 18.9 Å². The Balaban J connectivity index is 2.25. The van der Waals surface area contributed by atoms with Crippen molar-refractivity contribution in [2.24, 2.45) is 5.41 Å². The van der Waals surface area contributed by atoms with E-state index in [4.69, 9.17) is 9.47 Å². The second-order valence-electron chi connectivity index (χ2n) is 5.42. The molecule has 3 nitrogen and oxygen atoms in total. The van der Waals surface area contributed by atoms with Crippen LogP contribution in [0.2, 0.25) is 0 Å². The highest BCUT2D eigenvalue weighted by molar-refractivity contribution is 5.92. The van der Waals surface area contributed by atoms with Gasteiger partial charge in [-0.25, -0.2) is 4.58 Å². The van der Waals surface area contributed by atoms with Crippen LogP contribution in [-0.2, 0) is 9.47 Å². The van der Waals surface area contributed by atoms with E-state index in [-0.39, 0.29) is 0 Å². The molecule has 2 aliphatic rings. The summed E-state index contributed by atoms with van der Waals surface area (Å²) < 4.78 is 13.3. The van der Waals surface area contributed by atoms with Crippen LogP contribution in [0.3, 0.4) is 0 Å². The van der Waals surface area contributed by atoms with Gasteiger partial charge in [0.05, 0.1) is 7.11 Å². The lowest BCUT2D eigenvalue weighted by Gasteiger charge is -2.29. The van der Waals surface area contributed by atoms with Crippen LogP contribution in [0.25, 0.3) is 0 Å². The monoisotopic (exact) mass is 224 g/mol. The maximum atomic E-state index is 5.43. The molecule has 90 valence electrons. The molecule has 0 saturated carbocycles. The Bertz CT molecular complexity index is 321. The van der Waals surface area contributed by atoms with Crippen molar-refractivity contribution in [1.29, 1.82) is 0 Å². The summed E-state index contributed by atoms with van der Waals surface area (Å²) in [6, 6.07) is 0. The lowest BCUT2D eigenvalue weighted by atomic mass is 9.79. The zero-order valence-electron chi connectivity index (χ0n) is 10.6. The first-order valence-electron chi connectivity index (χ1n) is 6.04. The van der Waals surface area contributed by atoms with Gasteiger partial charge >= 0.3 is 0 Å². The Kier molecular flexibility index (Phi) is 3.33. The van der Waals surface area contributed by atoms with Crippen LogP contribution < -0.4 is 0 Å². The number of allylic oxidation sites excluding steroid dienone is 2. The van der Waals surface area contributed by atoms with Crippen molar-refractivity contribution < 1.29 is 14.0 Å². The molecule has 0 radical (unpaired) electrons. The summed E-state index contributed by atoms with van der Waals surface area (Å²) in [6.45, 7) is 8.33. The maximum absolute atomic E-state index is 5.43. The fourth-order valence-electron chi connectivity index (χ4n) is 2.50. The summed E-state index contributed by atoms with van der Waals surface area (Å²) in [5, 5.41) is 0. The van der Waals surface area contributed by atoms with Crippen molar-refractivity contribution in [1.82, 2.24) is 0 Å². The van der Waals surface area contributed by atoms with Crippen molar-refractivity contribution in [3.8, 4) is 0 Å². The first kappa shape index (κ1) is 11.6. The second-order valence-corrected chi connectivity index (χ2v) is 5.42. The van der Waals surface area contributed by atoms with Crippen molar-refractivity contribution in [3.63, 3.8) is 0 Å². The molecule has 0 aromatic heterocycles. The fourth-order valence-corrected chi connectivity index (χ4v) is 2.50. The summed E-state index contributed by atoms with van der Waals surface area (Å²) in [5.74, 6) is 1.11. The van der Waals surface area contributed by atoms with Crippen LogP contribution in [0.1, 0.15) is 26.7 Å². The highest BCUT2D eigenvalue weighted by Crippen LogP contribution is 2.34. The number of hydrogen-bond acceptors (Lipinski definition) is 2. The minimum absolute atomic E-state index is 0.313. The van der Waals surface area contributed by atoms with Crippen LogP contribution in [0.15, 0.2) is 11.8 Å². The number of rotatable bonds is 1. The number of morpholine rings is 1. The number of ether oxygens (including phenoxy) is 2. The molecule has 0 aromatic carbocycles. The normalized spacial score (nSPS) is 25.3. The third kappa shape index (κ3) is 2.64. The highest BCUT2D eigenvalue weighted by Gasteiger charge is 2.32. The van der Waals surface area contributed by atoms with E-state index < -0.39 is 0 Å². The summed E-state index contributed by atoms with van der Waals surface area (Å²) in [5.41, 5.74) is 1.73. The predicted octanol–water partition coefficient (Wildman–Crippen LogP) is 1.82. The quantitative estimate of drug-likeness (QED) is 0.634. The molecular weight excluding hydrogens is 202 g/mol. The molecule has 1 aliphatic carbocycles. The molecule has 0 atom stereocenters. The van der Waals surface area contributed by atoms with Gasteiger partial charge in [0.1, 0.15) is 19.0 Å². The first-order valence-corrected chi connectivity index (χ1v) is 6.04. The van der Waals surface area contributed by atoms with E-state index in [1.165, 1.54) is 5.71 Å². The second kappa shape index (κ2) is 4.58. The smallest absolute Gasteiger partial charge is 0.180 e. The molecule has 1 fully saturated rings. The molecule has 1 saturated heterocycles. The van der Waals surface area contributed by atoms with Gasteiger partial charge in [-0.3, -0.25) is 0 Å². The lowest BCUT2D eigenvalue weighted by Crippen LogP contribution is -2.36. The molecule has 0 unspecified atom stereocenters. The third-order valence-corrected chi connectivity index (χ3v) is 3.32. The number of methoxy groups -OCH3 is 1. The molecule has 0 aromatic rings. The van der Waals surface area contributed by atoms with Gasteiger partial charge in [-0.15, -0.1) is 0 Å². The molecular formula is C13H22NO2+. The van der Waals surface area contributed by atoms with E-state index in [0.717, 1.165) is 44.9 Å². The van der Waals surface area contributed by atoms with Crippen LogP contribution in [0, 0.1) is 5.41 Å². The number of nitrogens with zero attached hydrogens (tertiary/aromatic N) is 1. The van der Waals surface area contributed by atoms with Gasteiger partial charge in [0.25, 0.3) is 0 Å². The Morgan fingerprint density at radius 3 is 2.56 bits per heavy atom. The zero-order valence-corrected chi connectivity index (χ0v) is 10.6. The van der Waals surface area contributed by atoms with Gasteiger partial charge in [-0.05, 0) is 5.41 Å². The zero-order chi connectivity index (χ0) is 11.6. The van der Waals surface area contributed by atoms with Crippen LogP contribution in [-0.4, -0.2) is 43.7 Å². The Morgan fingerprint density at radius 2 is 1.94 bits per heavy atom. The SMILES string of the molecule is COC1=CC(=[N+]2CCOCC2)CC(C)(C)C1. The third-order valence-electron chi connectivity index (χ3n) is 3.32. The van der Waals surface area contributed by atoms with E-state index >= 15 is 0 Å². The molecule has 2 rings (SSSR count). The molecule has 1 heterocycles. The molecule has 0 spiro atoms. The maximum Gasteiger partial charge on any atom is 0.180 e. The Hall–Kier alpha value is -0.830. The highest BCUT2D eigenvalue weighted by atomic mass is 16.5. The molecule has 0 amide bonds. The van der Waals surface area contributed by atoms with E-state index in [1.54, 1.807) is 7.11 Å². The minimum Gasteiger partial charge on any atom is -0.501 e. The summed E-state index contributed by atoms with van der Waals surface area (Å²) in [4.78, 5) is 0. The molecule has 0 N–H and O–H groups in total. The van der Waals surface area contributed by atoms with E-state index in [0.29, 0.717) is 5.41 Å². The predicted molar refractivity (Wildman–Crippen MR) is 63.9 cm³/mol. The summed E-state index contributed by atoms with van der Waals surface area (Å²) >= 11 is 0. The van der Waals surface area contributed by atoms with Crippen molar-refractivity contribution >= 4 is 5.71 Å². The number of hydrogen-bond donors (Lipinski definition) is 0. The van der Waals surface area contributed by atoms with Gasteiger partial charge in [-0.2, -0.15) is 0 Å². The van der Waals surface area contributed by atoms with Crippen LogP contribution in [0.4, 0.5) is 0 Å². The average Bonchev–Trinajstić information content (AvgIpc) is 2.28. The standard InChI is InChI=1S/C13H22NO2/c1-13(2)9-11(8-12(10-13)15-3)14-4-6-16-7-5-14/h8H,4-7,9-10H2,1-3H3/q+1. The Labute approximate surface area is 97.7 Å². The minimum atomic E-state index is 0.313. The van der Waals surface area contributed by atoms with Crippen LogP contribution in [0.5, 0.6) is 0 Å². The summed E-state index contributed by atoms with van der Waals surface area (Å²) in [7, 11) is 1.77. The molecule has 16 heavy (non-hydrogen) atoms. The van der Waals surface area contributed by atoms with Crippen molar-refractivity contribution in [3.05, 3.63) is 11.8 Å². The van der Waals surface area contributed by atoms with Gasteiger partial charge in [0.2, 0.25) is 0 Å². The van der Waals surface area contributed by atoms with E-state index in [1.807, 2.05) is 0 Å². The largest absolute Gasteiger partial charge is 0.501 e. The average molecular weight is 224 g/mol. The molecule has 0 bridgehead atoms. The summed E-state index contributed by atoms with van der Waals surface area (Å²) in [6.07, 6.45) is 4.40. The van der Waals surface area contributed by atoms with Gasteiger partial charge < -0.3 is 9.47 Å². The fraction of sp³-hybridized carbons (Fsp3) is 0.769. The molecule has 1 aliphatic heterocycles. The van der Waals surface area contributed by atoms with Gasteiger partial charge in [0.15, 0.2) is 18.8 Å². The van der Waals surface area contributed by atoms with Crippen molar-refractivity contribution in [2.45, 2.75) is 26.7 Å². The van der Waals surface area contributed by atoms with E-state index in [2.05, 4.69) is 24.5 Å².